The van der Waals surface area contributed by atoms with Crippen LogP contribution in [0.15, 0.2) is 18.2 Å². The van der Waals surface area contributed by atoms with Crippen molar-refractivity contribution in [1.29, 1.82) is 5.26 Å². The van der Waals surface area contributed by atoms with Crippen molar-refractivity contribution in [2.24, 2.45) is 0 Å². The van der Waals surface area contributed by atoms with Crippen LogP contribution in [0.25, 0.3) is 0 Å². The predicted molar refractivity (Wildman–Crippen MR) is 54.9 cm³/mol. The summed E-state index contributed by atoms with van der Waals surface area (Å²) in [5.74, 6) is 0. The zero-order valence-electron chi connectivity index (χ0n) is 7.84. The van der Waals surface area contributed by atoms with Crippen LogP contribution in [-0.2, 0) is 6.42 Å². The molecule has 0 aliphatic heterocycles. The second-order valence-corrected chi connectivity index (χ2v) is 3.76. The summed E-state index contributed by atoms with van der Waals surface area (Å²) in [6.07, 6.45) is 0.629. The second kappa shape index (κ2) is 4.30. The van der Waals surface area contributed by atoms with Crippen LogP contribution >= 0.6 is 11.6 Å². The van der Waals surface area contributed by atoms with E-state index in [4.69, 9.17) is 16.9 Å². The lowest BCUT2D eigenvalue weighted by molar-refractivity contribution is 1.00. The number of hydrogen-bond donors (Lipinski definition) is 0. The molecule has 1 rings (SSSR count). The lowest BCUT2D eigenvalue weighted by atomic mass is 10.0. The first-order valence-electron chi connectivity index (χ1n) is 4.23. The third-order valence-corrected chi connectivity index (χ3v) is 2.29. The number of rotatable bonds is 2. The summed E-state index contributed by atoms with van der Waals surface area (Å²) in [5, 5.41) is 8.14. The Morgan fingerprint density at radius 3 is 2.69 bits per heavy atom. The Hall–Kier alpha value is -1.00. The van der Waals surface area contributed by atoms with Crippen LogP contribution in [0.2, 0.25) is 0 Å². The van der Waals surface area contributed by atoms with Crippen molar-refractivity contribution in [2.45, 2.75) is 25.6 Å². The Balaban J connectivity index is 2.85. The third kappa shape index (κ3) is 2.75. The fraction of sp³-hybridized carbons (Fsp3) is 0.364. The smallest absolute Gasteiger partial charge is 0.124 e. The highest BCUT2D eigenvalue weighted by Crippen LogP contribution is 2.14. The Kier molecular flexibility index (Phi) is 3.33. The molecule has 1 atom stereocenters. The standard InChI is InChI=1S/C11H12ClN/c1-8-3-4-10(9(2)5-8)6-11(12)7-13/h3-5,11H,6H2,1-2H3. The topological polar surface area (TPSA) is 23.8 Å². The fourth-order valence-electron chi connectivity index (χ4n) is 1.31. The molecule has 0 aliphatic rings. The van der Waals surface area contributed by atoms with E-state index in [-0.39, 0.29) is 0 Å². The highest BCUT2D eigenvalue weighted by Gasteiger charge is 2.05. The number of hydrogen-bond acceptors (Lipinski definition) is 1. The molecule has 1 unspecified atom stereocenters. The number of nitrogens with zero attached hydrogens (tertiary/aromatic N) is 1. The molecule has 0 saturated heterocycles. The molecule has 1 nitrogen and oxygen atoms in total. The van der Waals surface area contributed by atoms with E-state index in [9.17, 15) is 0 Å². The van der Waals surface area contributed by atoms with Gasteiger partial charge in [-0.05, 0) is 25.0 Å². The van der Waals surface area contributed by atoms with Gasteiger partial charge < -0.3 is 0 Å². The van der Waals surface area contributed by atoms with Gasteiger partial charge in [-0.25, -0.2) is 0 Å². The molecule has 0 bridgehead atoms. The third-order valence-electron chi connectivity index (χ3n) is 2.04. The maximum atomic E-state index is 8.56. The lowest BCUT2D eigenvalue weighted by Gasteiger charge is -2.06. The van der Waals surface area contributed by atoms with Crippen molar-refractivity contribution in [1.82, 2.24) is 0 Å². The highest BCUT2D eigenvalue weighted by atomic mass is 35.5. The van der Waals surface area contributed by atoms with E-state index < -0.39 is 5.38 Å². The molecule has 1 aromatic carbocycles. The SMILES string of the molecule is Cc1ccc(CC(Cl)C#N)c(C)c1. The van der Waals surface area contributed by atoms with Crippen molar-refractivity contribution in [3.63, 3.8) is 0 Å². The number of alkyl halides is 1. The summed E-state index contributed by atoms with van der Waals surface area (Å²) < 4.78 is 0. The molecule has 0 aliphatic carbocycles. The van der Waals surface area contributed by atoms with Crippen molar-refractivity contribution in [2.75, 3.05) is 0 Å². The Bertz CT molecular complexity index is 338. The van der Waals surface area contributed by atoms with Crippen LogP contribution in [0.3, 0.4) is 0 Å². The zero-order chi connectivity index (χ0) is 9.84. The van der Waals surface area contributed by atoms with Crippen LogP contribution in [-0.4, -0.2) is 5.38 Å². The van der Waals surface area contributed by atoms with Crippen LogP contribution in [0.4, 0.5) is 0 Å². The van der Waals surface area contributed by atoms with Crippen LogP contribution in [0, 0.1) is 25.2 Å². The van der Waals surface area contributed by atoms with Crippen LogP contribution in [0.5, 0.6) is 0 Å². The number of aryl methyl sites for hydroxylation is 2. The molecule has 68 valence electrons. The Morgan fingerprint density at radius 2 is 2.15 bits per heavy atom. The van der Waals surface area contributed by atoms with E-state index in [1.807, 2.05) is 25.1 Å². The van der Waals surface area contributed by atoms with Gasteiger partial charge in [0.2, 0.25) is 0 Å². The molecule has 0 spiro atoms. The predicted octanol–water partition coefficient (Wildman–Crippen LogP) is 2.98. The van der Waals surface area contributed by atoms with E-state index in [0.717, 1.165) is 5.56 Å². The average molecular weight is 194 g/mol. The number of benzene rings is 1. The van der Waals surface area contributed by atoms with Gasteiger partial charge in [-0.1, -0.05) is 23.8 Å². The maximum Gasteiger partial charge on any atom is 0.124 e. The number of halogens is 1. The van der Waals surface area contributed by atoms with Crippen molar-refractivity contribution in [3.05, 3.63) is 34.9 Å². The minimum atomic E-state index is -0.415. The van der Waals surface area contributed by atoms with Gasteiger partial charge in [-0.15, -0.1) is 11.6 Å². The second-order valence-electron chi connectivity index (χ2n) is 3.23. The van der Waals surface area contributed by atoms with E-state index in [1.165, 1.54) is 11.1 Å². The fourth-order valence-corrected chi connectivity index (χ4v) is 1.48. The molecule has 0 fully saturated rings. The summed E-state index contributed by atoms with van der Waals surface area (Å²) >= 11 is 5.75. The van der Waals surface area contributed by atoms with E-state index in [0.29, 0.717) is 6.42 Å². The molecular formula is C11H12ClN. The first kappa shape index (κ1) is 10.1. The molecule has 0 saturated carbocycles. The molecule has 0 heterocycles. The molecule has 13 heavy (non-hydrogen) atoms. The van der Waals surface area contributed by atoms with Gasteiger partial charge in [-0.3, -0.25) is 0 Å². The normalized spacial score (nSPS) is 12.2. The zero-order valence-corrected chi connectivity index (χ0v) is 8.60. The van der Waals surface area contributed by atoms with Crippen LogP contribution < -0.4 is 0 Å². The van der Waals surface area contributed by atoms with Crippen molar-refractivity contribution in [3.8, 4) is 6.07 Å². The highest BCUT2D eigenvalue weighted by molar-refractivity contribution is 6.22. The van der Waals surface area contributed by atoms with Crippen LogP contribution in [0.1, 0.15) is 16.7 Å². The Morgan fingerprint density at radius 1 is 1.46 bits per heavy atom. The van der Waals surface area contributed by atoms with E-state index >= 15 is 0 Å². The van der Waals surface area contributed by atoms with Crippen molar-refractivity contribution < 1.29 is 0 Å². The molecule has 1 aromatic rings. The van der Waals surface area contributed by atoms with Gasteiger partial charge in [0.15, 0.2) is 0 Å². The van der Waals surface area contributed by atoms with Gasteiger partial charge in [0.25, 0.3) is 0 Å². The molecule has 0 aromatic heterocycles. The van der Waals surface area contributed by atoms with Gasteiger partial charge in [-0.2, -0.15) is 5.26 Å². The minimum Gasteiger partial charge on any atom is -0.197 e. The van der Waals surface area contributed by atoms with E-state index in [2.05, 4.69) is 13.0 Å². The quantitative estimate of drug-likeness (QED) is 0.663. The summed E-state index contributed by atoms with van der Waals surface area (Å²) in [4.78, 5) is 0. The minimum absolute atomic E-state index is 0.415. The molecule has 0 N–H and O–H groups in total. The van der Waals surface area contributed by atoms with E-state index in [1.54, 1.807) is 0 Å². The number of nitriles is 1. The molecule has 0 radical (unpaired) electrons. The monoisotopic (exact) mass is 193 g/mol. The van der Waals surface area contributed by atoms with Gasteiger partial charge in [0.1, 0.15) is 5.38 Å². The summed E-state index contributed by atoms with van der Waals surface area (Å²) in [6, 6.07) is 8.21. The van der Waals surface area contributed by atoms with Gasteiger partial charge >= 0.3 is 0 Å². The molecule has 0 amide bonds. The summed E-state index contributed by atoms with van der Waals surface area (Å²) in [7, 11) is 0. The largest absolute Gasteiger partial charge is 0.197 e. The van der Waals surface area contributed by atoms with Gasteiger partial charge in [0.05, 0.1) is 6.07 Å². The van der Waals surface area contributed by atoms with Crippen molar-refractivity contribution >= 4 is 11.6 Å². The average Bonchev–Trinajstić information content (AvgIpc) is 2.09. The first-order chi connectivity index (χ1) is 6.13. The molecule has 2 heteroatoms. The Labute approximate surface area is 84.0 Å². The lowest BCUT2D eigenvalue weighted by Crippen LogP contribution is -2.01. The van der Waals surface area contributed by atoms with Gasteiger partial charge in [0, 0.05) is 6.42 Å². The maximum absolute atomic E-state index is 8.56. The summed E-state index contributed by atoms with van der Waals surface area (Å²) in [6.45, 7) is 4.10. The first-order valence-corrected chi connectivity index (χ1v) is 4.67. The molecular weight excluding hydrogens is 182 g/mol. The summed E-state index contributed by atoms with van der Waals surface area (Å²) in [5.41, 5.74) is 3.61.